The third-order valence-electron chi connectivity index (χ3n) is 5.02. The van der Waals surface area contributed by atoms with Crippen molar-refractivity contribution in [1.82, 2.24) is 0 Å². The fourth-order valence-corrected chi connectivity index (χ4v) is 3.89. The van der Waals surface area contributed by atoms with Crippen LogP contribution in [0, 0.1) is 27.7 Å². The summed E-state index contributed by atoms with van der Waals surface area (Å²) in [6, 6.07) is 23.9. The third-order valence-corrected chi connectivity index (χ3v) is 5.02. The van der Waals surface area contributed by atoms with Crippen molar-refractivity contribution in [3.63, 3.8) is 0 Å². The van der Waals surface area contributed by atoms with Crippen LogP contribution in [-0.4, -0.2) is 0 Å². The summed E-state index contributed by atoms with van der Waals surface area (Å²) in [6.45, 7) is 11.1. The van der Waals surface area contributed by atoms with Crippen LogP contribution in [0.1, 0.15) is 45.9 Å². The average molecular weight is 326 g/mol. The normalized spacial score (nSPS) is 12.0. The molecule has 0 aliphatic heterocycles. The van der Waals surface area contributed by atoms with Gasteiger partial charge >= 0.3 is 0 Å². The zero-order chi connectivity index (χ0) is 18.0. The molecular weight excluding hydrogens is 300 g/mol. The summed E-state index contributed by atoms with van der Waals surface area (Å²) >= 11 is 0. The average Bonchev–Trinajstić information content (AvgIpc) is 2.59. The monoisotopic (exact) mass is 326 g/mol. The summed E-state index contributed by atoms with van der Waals surface area (Å²) in [7, 11) is 0. The fourth-order valence-electron chi connectivity index (χ4n) is 3.89. The van der Waals surface area contributed by atoms with Crippen LogP contribution in [0.25, 0.3) is 11.1 Å². The van der Waals surface area contributed by atoms with E-state index in [0.717, 1.165) is 0 Å². The van der Waals surface area contributed by atoms with Crippen LogP contribution in [0.4, 0.5) is 0 Å². The van der Waals surface area contributed by atoms with Crippen molar-refractivity contribution in [1.29, 1.82) is 0 Å². The zero-order valence-electron chi connectivity index (χ0n) is 15.9. The van der Waals surface area contributed by atoms with Crippen molar-refractivity contribution in [2.24, 2.45) is 0 Å². The van der Waals surface area contributed by atoms with Gasteiger partial charge in [-0.3, -0.25) is 0 Å². The van der Waals surface area contributed by atoms with Crippen molar-refractivity contribution >= 4 is 11.1 Å². The molecule has 0 aliphatic rings. The van der Waals surface area contributed by atoms with Gasteiger partial charge in [-0.15, -0.1) is 0 Å². The molecule has 0 heterocycles. The molecule has 126 valence electrons. The zero-order valence-corrected chi connectivity index (χ0v) is 15.9. The first-order valence-electron chi connectivity index (χ1n) is 8.90. The number of allylic oxidation sites excluding steroid dienone is 1. The van der Waals surface area contributed by atoms with E-state index in [4.69, 9.17) is 0 Å². The molecule has 0 aliphatic carbocycles. The highest BCUT2D eigenvalue weighted by atomic mass is 14.2. The summed E-state index contributed by atoms with van der Waals surface area (Å²) in [6.07, 6.45) is 0. The Kier molecular flexibility index (Phi) is 4.90. The number of benzene rings is 3. The number of aryl methyl sites for hydroxylation is 4. The Morgan fingerprint density at radius 1 is 0.520 bits per heavy atom. The van der Waals surface area contributed by atoms with Crippen LogP contribution in [0.2, 0.25) is 0 Å². The van der Waals surface area contributed by atoms with Gasteiger partial charge in [-0.1, -0.05) is 66.7 Å². The van der Waals surface area contributed by atoms with Crippen molar-refractivity contribution in [2.45, 2.75) is 34.6 Å². The van der Waals surface area contributed by atoms with Gasteiger partial charge in [-0.25, -0.2) is 0 Å². The topological polar surface area (TPSA) is 0 Å². The van der Waals surface area contributed by atoms with E-state index < -0.39 is 0 Å². The van der Waals surface area contributed by atoms with Gasteiger partial charge in [0.25, 0.3) is 0 Å². The lowest BCUT2D eigenvalue weighted by atomic mass is 9.84. The minimum atomic E-state index is 1.28. The molecule has 25 heavy (non-hydrogen) atoms. The SMILES string of the molecule is C/C(=C(\c1ccccc1)c1c(C)cccc1C)c1c(C)cccc1C. The van der Waals surface area contributed by atoms with Crippen LogP contribution >= 0.6 is 0 Å². The van der Waals surface area contributed by atoms with Gasteiger partial charge in [-0.05, 0) is 84.7 Å². The Morgan fingerprint density at radius 2 is 0.960 bits per heavy atom. The van der Waals surface area contributed by atoms with Gasteiger partial charge in [-0.2, -0.15) is 0 Å². The summed E-state index contributed by atoms with van der Waals surface area (Å²) < 4.78 is 0. The van der Waals surface area contributed by atoms with Gasteiger partial charge in [0.15, 0.2) is 0 Å². The number of hydrogen-bond donors (Lipinski definition) is 0. The maximum Gasteiger partial charge on any atom is -0.00706 e. The molecule has 0 nitrogen and oxygen atoms in total. The molecule has 0 fully saturated rings. The fraction of sp³-hybridized carbons (Fsp3) is 0.200. The Bertz CT molecular complexity index is 887. The molecule has 0 atom stereocenters. The van der Waals surface area contributed by atoms with Crippen LogP contribution in [0.3, 0.4) is 0 Å². The number of hydrogen-bond acceptors (Lipinski definition) is 0. The largest absolute Gasteiger partial charge is 0.0622 e. The highest BCUT2D eigenvalue weighted by molar-refractivity contribution is 6.00. The van der Waals surface area contributed by atoms with Gasteiger partial charge in [0.05, 0.1) is 0 Å². The lowest BCUT2D eigenvalue weighted by molar-refractivity contribution is 1.31. The molecule has 0 radical (unpaired) electrons. The van der Waals surface area contributed by atoms with Crippen LogP contribution in [0.5, 0.6) is 0 Å². The van der Waals surface area contributed by atoms with E-state index in [0.29, 0.717) is 0 Å². The maximum atomic E-state index is 2.27. The predicted octanol–water partition coefficient (Wildman–Crippen LogP) is 6.90. The molecule has 0 aromatic heterocycles. The molecule has 3 aromatic rings. The van der Waals surface area contributed by atoms with E-state index in [1.165, 1.54) is 50.1 Å². The summed E-state index contributed by atoms with van der Waals surface area (Å²) in [4.78, 5) is 0. The van der Waals surface area contributed by atoms with E-state index in [-0.39, 0.29) is 0 Å². The molecule has 0 N–H and O–H groups in total. The molecule has 0 amide bonds. The predicted molar refractivity (Wildman–Crippen MR) is 110 cm³/mol. The molecule has 0 heteroatoms. The van der Waals surface area contributed by atoms with E-state index in [9.17, 15) is 0 Å². The standard InChI is InChI=1S/C25H26/c1-17-11-9-12-18(2)23(17)21(5)25(22-15-7-6-8-16-22)24-19(3)13-10-14-20(24)4/h6-16H,1-5H3/b25-21-. The Labute approximate surface area is 151 Å². The molecule has 0 spiro atoms. The molecule has 0 saturated carbocycles. The molecule has 0 saturated heterocycles. The Hall–Kier alpha value is -2.60. The quantitative estimate of drug-likeness (QED) is 0.459. The first-order chi connectivity index (χ1) is 12.0. The molecule has 3 aromatic carbocycles. The highest BCUT2D eigenvalue weighted by Crippen LogP contribution is 2.37. The second-order valence-electron chi connectivity index (χ2n) is 6.90. The second kappa shape index (κ2) is 7.11. The van der Waals surface area contributed by atoms with Gasteiger partial charge in [0.1, 0.15) is 0 Å². The lowest BCUT2D eigenvalue weighted by Gasteiger charge is -2.20. The summed E-state index contributed by atoms with van der Waals surface area (Å²) in [5.74, 6) is 0. The minimum absolute atomic E-state index is 1.28. The van der Waals surface area contributed by atoms with Gasteiger partial charge in [0.2, 0.25) is 0 Å². The Balaban J connectivity index is 2.40. The summed E-state index contributed by atoms with van der Waals surface area (Å²) in [5.41, 5.74) is 12.0. The van der Waals surface area contributed by atoms with E-state index in [1.54, 1.807) is 0 Å². The van der Waals surface area contributed by atoms with E-state index in [1.807, 2.05) is 0 Å². The minimum Gasteiger partial charge on any atom is -0.0622 e. The molecule has 3 rings (SSSR count). The van der Waals surface area contributed by atoms with Gasteiger partial charge in [0, 0.05) is 0 Å². The van der Waals surface area contributed by atoms with Crippen molar-refractivity contribution < 1.29 is 0 Å². The summed E-state index contributed by atoms with van der Waals surface area (Å²) in [5, 5.41) is 0. The van der Waals surface area contributed by atoms with Crippen LogP contribution in [0.15, 0.2) is 66.7 Å². The third kappa shape index (κ3) is 3.30. The second-order valence-corrected chi connectivity index (χ2v) is 6.90. The highest BCUT2D eigenvalue weighted by Gasteiger charge is 2.16. The van der Waals surface area contributed by atoms with Crippen molar-refractivity contribution in [3.05, 3.63) is 106 Å². The van der Waals surface area contributed by atoms with Crippen molar-refractivity contribution in [2.75, 3.05) is 0 Å². The smallest absolute Gasteiger partial charge is 0.00706 e. The van der Waals surface area contributed by atoms with Crippen LogP contribution in [-0.2, 0) is 0 Å². The molecule has 0 bridgehead atoms. The molecular formula is C25H26. The first kappa shape index (κ1) is 17.2. The number of rotatable bonds is 3. The van der Waals surface area contributed by atoms with E-state index in [2.05, 4.69) is 101 Å². The van der Waals surface area contributed by atoms with Crippen molar-refractivity contribution in [3.8, 4) is 0 Å². The lowest BCUT2D eigenvalue weighted by Crippen LogP contribution is -2.00. The van der Waals surface area contributed by atoms with Crippen LogP contribution < -0.4 is 0 Å². The van der Waals surface area contributed by atoms with Gasteiger partial charge < -0.3 is 0 Å². The first-order valence-corrected chi connectivity index (χ1v) is 8.90. The van der Waals surface area contributed by atoms with E-state index >= 15 is 0 Å². The molecule has 0 unspecified atom stereocenters. The maximum absolute atomic E-state index is 2.27. The Morgan fingerprint density at radius 3 is 1.44 bits per heavy atom.